The Hall–Kier alpha value is -3.16. The van der Waals surface area contributed by atoms with Crippen molar-refractivity contribution >= 4 is 11.9 Å². The molecule has 0 radical (unpaired) electrons. The number of carbonyl (C=O) groups excluding carboxylic acids is 2. The predicted octanol–water partition coefficient (Wildman–Crippen LogP) is 6.46. The highest BCUT2D eigenvalue weighted by atomic mass is 16.6. The van der Waals surface area contributed by atoms with Crippen LogP contribution in [0.3, 0.4) is 0 Å². The van der Waals surface area contributed by atoms with E-state index in [9.17, 15) is 14.7 Å². The molecule has 6 rings (SSSR count). The highest BCUT2D eigenvalue weighted by molar-refractivity contribution is 6.10. The van der Waals surface area contributed by atoms with Crippen LogP contribution in [0.1, 0.15) is 91.8 Å². The zero-order chi connectivity index (χ0) is 29.9. The third-order valence-electron chi connectivity index (χ3n) is 10.0. The van der Waals surface area contributed by atoms with Crippen molar-refractivity contribution in [3.63, 3.8) is 0 Å². The fourth-order valence-corrected chi connectivity index (χ4v) is 7.45. The first kappa shape index (κ1) is 30.3. The predicted molar refractivity (Wildman–Crippen MR) is 162 cm³/mol. The number of rotatable bonds is 7. The molecule has 0 aromatic heterocycles. The van der Waals surface area contributed by atoms with Crippen molar-refractivity contribution in [2.45, 2.75) is 82.8 Å². The molecule has 42 heavy (non-hydrogen) atoms. The van der Waals surface area contributed by atoms with E-state index in [4.69, 9.17) is 14.2 Å². The van der Waals surface area contributed by atoms with E-state index in [1.54, 1.807) is 14.2 Å². The summed E-state index contributed by atoms with van der Waals surface area (Å²) in [6.45, 7) is 6.16. The van der Waals surface area contributed by atoms with Crippen LogP contribution in [-0.4, -0.2) is 67.5 Å². The average Bonchev–Trinajstić information content (AvgIpc) is 3.46. The van der Waals surface area contributed by atoms with Gasteiger partial charge >= 0.3 is 6.09 Å². The van der Waals surface area contributed by atoms with Crippen molar-refractivity contribution in [2.75, 3.05) is 33.9 Å². The van der Waals surface area contributed by atoms with Crippen LogP contribution in [0.4, 0.5) is 4.79 Å². The first-order chi connectivity index (χ1) is 20.2. The standard InChI is InChI=1S/C35H45NO6/c1-24-7-5-17-34(2)31(16-18-35(34)23-36(33(39)42-35)19-6-20-40-3)29-15-9-25(21-27(37)12-8-24)22-30(29)32(38)26-10-13-28(41-4)14-11-26/h7,9-11,13-15,22,27,31,37H,5-6,8,12,16-21,23H2,1-4H3/t27-,31-,34-,35+/m0/s1. The number of benzene rings is 2. The van der Waals surface area contributed by atoms with Crippen LogP contribution in [0.2, 0.25) is 0 Å². The lowest BCUT2D eigenvalue weighted by atomic mass is 9.64. The molecule has 2 bridgehead atoms. The summed E-state index contributed by atoms with van der Waals surface area (Å²) >= 11 is 0. The van der Waals surface area contributed by atoms with Gasteiger partial charge in [0.1, 0.15) is 11.4 Å². The normalized spacial score (nSPS) is 27.9. The third kappa shape index (κ3) is 5.86. The van der Waals surface area contributed by atoms with Gasteiger partial charge in [0.05, 0.1) is 19.8 Å². The van der Waals surface area contributed by atoms with Crippen molar-refractivity contribution < 1.29 is 28.9 Å². The molecule has 2 fully saturated rings. The smallest absolute Gasteiger partial charge is 0.410 e. The summed E-state index contributed by atoms with van der Waals surface area (Å²) in [6, 6.07) is 13.4. The molecule has 1 N–H and O–H groups in total. The number of carbonyl (C=O) groups is 2. The summed E-state index contributed by atoms with van der Waals surface area (Å²) in [5, 5.41) is 10.8. The second-order valence-corrected chi connectivity index (χ2v) is 12.6. The number of amides is 1. The zero-order valence-corrected chi connectivity index (χ0v) is 25.5. The van der Waals surface area contributed by atoms with Gasteiger partial charge in [-0.3, -0.25) is 4.79 Å². The van der Waals surface area contributed by atoms with Gasteiger partial charge in [0.2, 0.25) is 0 Å². The van der Waals surface area contributed by atoms with Gasteiger partial charge in [-0.15, -0.1) is 0 Å². The lowest BCUT2D eigenvalue weighted by molar-refractivity contribution is -0.0373. The number of hydrogen-bond donors (Lipinski definition) is 1. The Bertz CT molecular complexity index is 1320. The molecule has 2 aromatic rings. The second kappa shape index (κ2) is 12.6. The maximum atomic E-state index is 14.2. The molecule has 4 aliphatic rings. The molecule has 7 heteroatoms. The van der Waals surface area contributed by atoms with Crippen LogP contribution in [0, 0.1) is 5.41 Å². The molecule has 7 nitrogen and oxygen atoms in total. The molecule has 3 aliphatic carbocycles. The summed E-state index contributed by atoms with van der Waals surface area (Å²) in [5.74, 6) is 0.682. The van der Waals surface area contributed by atoms with Gasteiger partial charge in [-0.25, -0.2) is 4.79 Å². The number of ether oxygens (including phenoxy) is 3. The highest BCUT2D eigenvalue weighted by Gasteiger charge is 2.63. The van der Waals surface area contributed by atoms with E-state index < -0.39 is 11.7 Å². The Morgan fingerprint density at radius 1 is 1.12 bits per heavy atom. The minimum Gasteiger partial charge on any atom is -0.497 e. The van der Waals surface area contributed by atoms with E-state index in [2.05, 4.69) is 32.1 Å². The van der Waals surface area contributed by atoms with Crippen LogP contribution in [0.25, 0.3) is 0 Å². The van der Waals surface area contributed by atoms with Crippen molar-refractivity contribution in [3.8, 4) is 5.75 Å². The van der Waals surface area contributed by atoms with Crippen molar-refractivity contribution in [3.05, 3.63) is 76.4 Å². The Morgan fingerprint density at radius 3 is 2.64 bits per heavy atom. The van der Waals surface area contributed by atoms with Gasteiger partial charge in [0, 0.05) is 36.8 Å². The lowest BCUT2D eigenvalue weighted by Gasteiger charge is -2.43. The first-order valence-electron chi connectivity index (χ1n) is 15.3. The molecule has 1 amide bonds. The minimum atomic E-state index is -0.629. The number of allylic oxidation sites excluding steroid dienone is 2. The van der Waals surface area contributed by atoms with Crippen LogP contribution in [0.5, 0.6) is 5.75 Å². The van der Waals surface area contributed by atoms with Crippen molar-refractivity contribution in [1.29, 1.82) is 0 Å². The van der Waals surface area contributed by atoms with Gasteiger partial charge in [-0.1, -0.05) is 30.7 Å². The van der Waals surface area contributed by atoms with E-state index in [0.717, 1.165) is 49.7 Å². The van der Waals surface area contributed by atoms with Crippen LogP contribution < -0.4 is 4.74 Å². The number of aliphatic hydroxyl groups is 1. The van der Waals surface area contributed by atoms with Gasteiger partial charge in [-0.2, -0.15) is 0 Å². The van der Waals surface area contributed by atoms with E-state index in [1.807, 2.05) is 35.2 Å². The number of methoxy groups -OCH3 is 2. The Labute approximate surface area is 249 Å². The fourth-order valence-electron chi connectivity index (χ4n) is 7.45. The number of nitrogens with zero attached hydrogens (tertiary/aromatic N) is 1. The Morgan fingerprint density at radius 2 is 1.90 bits per heavy atom. The topological polar surface area (TPSA) is 85.3 Å². The minimum absolute atomic E-state index is 0.0250. The Balaban J connectivity index is 1.58. The van der Waals surface area contributed by atoms with Crippen LogP contribution >= 0.6 is 0 Å². The van der Waals surface area contributed by atoms with Gasteiger partial charge < -0.3 is 24.2 Å². The summed E-state index contributed by atoms with van der Waals surface area (Å²) in [7, 11) is 3.29. The zero-order valence-electron chi connectivity index (χ0n) is 25.5. The molecule has 226 valence electrons. The summed E-state index contributed by atoms with van der Waals surface area (Å²) in [5.41, 5.74) is 3.48. The van der Waals surface area contributed by atoms with Gasteiger partial charge in [0.25, 0.3) is 0 Å². The van der Waals surface area contributed by atoms with Crippen LogP contribution in [0.15, 0.2) is 54.1 Å². The molecule has 1 spiro atoms. The fraction of sp³-hybridized carbons (Fsp3) is 0.543. The molecular formula is C35H45NO6. The summed E-state index contributed by atoms with van der Waals surface area (Å²) < 4.78 is 16.9. The van der Waals surface area contributed by atoms with E-state index in [0.29, 0.717) is 49.4 Å². The van der Waals surface area contributed by atoms with Crippen LogP contribution in [-0.2, 0) is 15.9 Å². The molecule has 0 unspecified atom stereocenters. The van der Waals surface area contributed by atoms with Crippen molar-refractivity contribution in [2.24, 2.45) is 5.41 Å². The molecule has 2 aromatic carbocycles. The number of fused-ring (bicyclic) bond motifs is 8. The molecule has 1 heterocycles. The molecule has 1 saturated heterocycles. The number of ketones is 1. The average molecular weight is 576 g/mol. The van der Waals surface area contributed by atoms with Gasteiger partial charge in [-0.05, 0) is 106 Å². The van der Waals surface area contributed by atoms with E-state index in [1.165, 1.54) is 5.57 Å². The summed E-state index contributed by atoms with van der Waals surface area (Å²) in [6.07, 6.45) is 7.55. The molecule has 1 aliphatic heterocycles. The van der Waals surface area contributed by atoms with E-state index in [-0.39, 0.29) is 23.2 Å². The SMILES string of the molecule is COCCCN1C[C@@]2(CC[C@H]3c4ccc(cc4C(=O)c4ccc(OC)cc4)C[C@@H](O)CCC(C)=CCC[C@@]32C)OC1=O. The Kier molecular flexibility index (Phi) is 9.09. The molecule has 4 atom stereocenters. The monoisotopic (exact) mass is 575 g/mol. The maximum absolute atomic E-state index is 14.2. The van der Waals surface area contributed by atoms with E-state index >= 15 is 0 Å². The molecule has 1 saturated carbocycles. The first-order valence-corrected chi connectivity index (χ1v) is 15.3. The van der Waals surface area contributed by atoms with Crippen molar-refractivity contribution in [1.82, 2.24) is 4.90 Å². The third-order valence-corrected chi connectivity index (χ3v) is 10.0. The number of hydrogen-bond acceptors (Lipinski definition) is 6. The molecular weight excluding hydrogens is 530 g/mol. The maximum Gasteiger partial charge on any atom is 0.410 e. The number of aliphatic hydroxyl groups excluding tert-OH is 1. The van der Waals surface area contributed by atoms with Gasteiger partial charge in [0.15, 0.2) is 5.78 Å². The summed E-state index contributed by atoms with van der Waals surface area (Å²) in [4.78, 5) is 29.2. The quantitative estimate of drug-likeness (QED) is 0.232. The highest BCUT2D eigenvalue weighted by Crippen LogP contribution is 2.61. The lowest BCUT2D eigenvalue weighted by Crippen LogP contribution is -2.48. The largest absolute Gasteiger partial charge is 0.497 e. The second-order valence-electron chi connectivity index (χ2n) is 12.6.